The first kappa shape index (κ1) is 20.7. The lowest BCUT2D eigenvalue weighted by Crippen LogP contribution is -2.43. The smallest absolute Gasteiger partial charge is 0.262 e. The second-order valence-corrected chi connectivity index (χ2v) is 6.56. The number of nitrogens with one attached hydrogen (secondary N) is 2. The summed E-state index contributed by atoms with van der Waals surface area (Å²) in [7, 11) is 1.57. The minimum Gasteiger partial charge on any atom is -0.497 e. The van der Waals surface area contributed by atoms with Crippen molar-refractivity contribution < 1.29 is 14.3 Å². The molecule has 0 aromatic heterocycles. The summed E-state index contributed by atoms with van der Waals surface area (Å²) in [6.07, 6.45) is 1.56. The van der Waals surface area contributed by atoms with Crippen LogP contribution in [0.5, 0.6) is 5.75 Å². The first-order chi connectivity index (χ1) is 12.9. The highest BCUT2D eigenvalue weighted by atomic mass is 35.5. The number of rotatable bonds is 7. The molecule has 0 aliphatic rings. The van der Waals surface area contributed by atoms with Crippen LogP contribution in [0.15, 0.2) is 47.6 Å². The van der Waals surface area contributed by atoms with Crippen molar-refractivity contribution >= 4 is 41.2 Å². The number of hydrazone groups is 1. The molecule has 0 aliphatic carbocycles. The third-order valence-electron chi connectivity index (χ3n) is 3.64. The van der Waals surface area contributed by atoms with Gasteiger partial charge in [-0.1, -0.05) is 41.4 Å². The van der Waals surface area contributed by atoms with Gasteiger partial charge in [0, 0.05) is 10.6 Å². The lowest BCUT2D eigenvalue weighted by Gasteiger charge is -2.12. The summed E-state index contributed by atoms with van der Waals surface area (Å²) >= 11 is 11.8. The van der Waals surface area contributed by atoms with Crippen molar-refractivity contribution in [3.63, 3.8) is 0 Å². The van der Waals surface area contributed by atoms with Crippen LogP contribution in [0.3, 0.4) is 0 Å². The van der Waals surface area contributed by atoms with E-state index in [1.807, 2.05) is 0 Å². The summed E-state index contributed by atoms with van der Waals surface area (Å²) in [5.41, 5.74) is 3.79. The molecule has 0 heterocycles. The van der Waals surface area contributed by atoms with Gasteiger partial charge in [0.05, 0.1) is 24.8 Å². The van der Waals surface area contributed by atoms with Gasteiger partial charge in [-0.15, -0.1) is 0 Å². The standard InChI is InChI=1S/C19H19Cl2N3O3/c1-12(23-18(25)9-13-3-7-16(27-2)8-4-13)19(26)24-22-11-14-5-6-15(20)10-17(14)21/h3-8,10-12H,9H2,1-2H3,(H,23,25)(H,24,26). The Kier molecular flexibility index (Phi) is 7.64. The maximum Gasteiger partial charge on any atom is 0.262 e. The molecule has 2 rings (SSSR count). The molecule has 2 amide bonds. The van der Waals surface area contributed by atoms with Crippen LogP contribution in [0.4, 0.5) is 0 Å². The van der Waals surface area contributed by atoms with Crippen molar-refractivity contribution in [3.8, 4) is 5.75 Å². The van der Waals surface area contributed by atoms with Gasteiger partial charge in [0.2, 0.25) is 5.91 Å². The number of methoxy groups -OCH3 is 1. The summed E-state index contributed by atoms with van der Waals surface area (Å²) in [6, 6.07) is 11.3. The number of amides is 2. The first-order valence-electron chi connectivity index (χ1n) is 8.09. The van der Waals surface area contributed by atoms with Crippen LogP contribution >= 0.6 is 23.2 Å². The van der Waals surface area contributed by atoms with Crippen molar-refractivity contribution in [2.75, 3.05) is 7.11 Å². The number of ether oxygens (including phenoxy) is 1. The molecule has 0 aliphatic heterocycles. The van der Waals surface area contributed by atoms with Gasteiger partial charge in [-0.3, -0.25) is 9.59 Å². The van der Waals surface area contributed by atoms with Crippen LogP contribution in [-0.4, -0.2) is 31.2 Å². The molecular formula is C19H19Cl2N3O3. The quantitative estimate of drug-likeness (QED) is 0.546. The second-order valence-electron chi connectivity index (χ2n) is 5.71. The highest BCUT2D eigenvalue weighted by molar-refractivity contribution is 6.36. The molecule has 2 aromatic rings. The Hall–Kier alpha value is -2.57. The van der Waals surface area contributed by atoms with E-state index in [1.165, 1.54) is 6.21 Å². The number of halogens is 2. The minimum absolute atomic E-state index is 0.158. The molecular weight excluding hydrogens is 389 g/mol. The molecule has 6 nitrogen and oxygen atoms in total. The molecule has 2 N–H and O–H groups in total. The van der Waals surface area contributed by atoms with Crippen LogP contribution in [0.25, 0.3) is 0 Å². The van der Waals surface area contributed by atoms with Gasteiger partial charge in [0.15, 0.2) is 0 Å². The van der Waals surface area contributed by atoms with E-state index >= 15 is 0 Å². The number of carbonyl (C=O) groups excluding carboxylic acids is 2. The fraction of sp³-hybridized carbons (Fsp3) is 0.211. The lowest BCUT2D eigenvalue weighted by molar-refractivity contribution is -0.128. The molecule has 0 saturated carbocycles. The predicted molar refractivity (Wildman–Crippen MR) is 107 cm³/mol. The molecule has 0 fully saturated rings. The molecule has 8 heteroatoms. The topological polar surface area (TPSA) is 79.8 Å². The Balaban J connectivity index is 1.83. The zero-order valence-electron chi connectivity index (χ0n) is 14.8. The summed E-state index contributed by atoms with van der Waals surface area (Å²) in [6.45, 7) is 1.58. The van der Waals surface area contributed by atoms with Crippen LogP contribution < -0.4 is 15.5 Å². The molecule has 2 aromatic carbocycles. The molecule has 1 atom stereocenters. The van der Waals surface area contributed by atoms with E-state index in [9.17, 15) is 9.59 Å². The largest absolute Gasteiger partial charge is 0.497 e. The normalized spacial score (nSPS) is 11.9. The summed E-state index contributed by atoms with van der Waals surface area (Å²) in [5.74, 6) is -0.00230. The van der Waals surface area contributed by atoms with Crippen LogP contribution in [0, 0.1) is 0 Å². The molecule has 142 valence electrons. The zero-order valence-corrected chi connectivity index (χ0v) is 16.3. The second kappa shape index (κ2) is 9.94. The average Bonchev–Trinajstić information content (AvgIpc) is 2.63. The van der Waals surface area contributed by atoms with Crippen LogP contribution in [-0.2, 0) is 16.0 Å². The fourth-order valence-corrected chi connectivity index (χ4v) is 2.61. The third kappa shape index (κ3) is 6.58. The highest BCUT2D eigenvalue weighted by Gasteiger charge is 2.15. The third-order valence-corrected chi connectivity index (χ3v) is 4.20. The van der Waals surface area contributed by atoms with Crippen molar-refractivity contribution in [3.05, 3.63) is 63.6 Å². The molecule has 27 heavy (non-hydrogen) atoms. The van der Waals surface area contributed by atoms with Gasteiger partial charge >= 0.3 is 0 Å². The van der Waals surface area contributed by atoms with Gasteiger partial charge in [-0.25, -0.2) is 5.43 Å². The van der Waals surface area contributed by atoms with Crippen molar-refractivity contribution in [1.29, 1.82) is 0 Å². The van der Waals surface area contributed by atoms with E-state index in [0.29, 0.717) is 21.4 Å². The number of nitrogens with zero attached hydrogens (tertiary/aromatic N) is 1. The summed E-state index contributed by atoms with van der Waals surface area (Å²) in [4.78, 5) is 24.1. The Bertz CT molecular complexity index is 839. The summed E-state index contributed by atoms with van der Waals surface area (Å²) in [5, 5.41) is 7.40. The average molecular weight is 408 g/mol. The first-order valence-corrected chi connectivity index (χ1v) is 8.85. The van der Waals surface area contributed by atoms with E-state index in [1.54, 1.807) is 56.5 Å². The highest BCUT2D eigenvalue weighted by Crippen LogP contribution is 2.19. The van der Waals surface area contributed by atoms with E-state index in [4.69, 9.17) is 27.9 Å². The van der Waals surface area contributed by atoms with E-state index in [-0.39, 0.29) is 12.3 Å². The van der Waals surface area contributed by atoms with Gasteiger partial charge in [-0.05, 0) is 36.8 Å². The number of hydrogen-bond acceptors (Lipinski definition) is 4. The monoisotopic (exact) mass is 407 g/mol. The van der Waals surface area contributed by atoms with E-state index in [2.05, 4.69) is 15.8 Å². The van der Waals surface area contributed by atoms with Gasteiger partial charge in [-0.2, -0.15) is 5.10 Å². The molecule has 0 bridgehead atoms. The fourth-order valence-electron chi connectivity index (χ4n) is 2.16. The van der Waals surface area contributed by atoms with Gasteiger partial charge in [0.1, 0.15) is 11.8 Å². The van der Waals surface area contributed by atoms with Gasteiger partial charge in [0.25, 0.3) is 5.91 Å². The van der Waals surface area contributed by atoms with Crippen molar-refractivity contribution in [2.45, 2.75) is 19.4 Å². The molecule has 1 unspecified atom stereocenters. The SMILES string of the molecule is COc1ccc(CC(=O)NC(C)C(=O)NN=Cc2ccc(Cl)cc2Cl)cc1. The number of benzene rings is 2. The van der Waals surface area contributed by atoms with E-state index < -0.39 is 11.9 Å². The molecule has 0 spiro atoms. The van der Waals surface area contributed by atoms with E-state index in [0.717, 1.165) is 5.56 Å². The summed E-state index contributed by atoms with van der Waals surface area (Å²) < 4.78 is 5.07. The predicted octanol–water partition coefficient (Wildman–Crippen LogP) is 3.20. The zero-order chi connectivity index (χ0) is 19.8. The van der Waals surface area contributed by atoms with Crippen molar-refractivity contribution in [2.24, 2.45) is 5.10 Å². The minimum atomic E-state index is -0.742. The van der Waals surface area contributed by atoms with Gasteiger partial charge < -0.3 is 10.1 Å². The Labute approximate surface area is 167 Å². The Morgan fingerprint density at radius 1 is 1.19 bits per heavy atom. The number of hydrogen-bond donors (Lipinski definition) is 2. The molecule has 0 radical (unpaired) electrons. The molecule has 0 saturated heterocycles. The lowest BCUT2D eigenvalue weighted by atomic mass is 10.1. The maximum absolute atomic E-state index is 12.1. The Morgan fingerprint density at radius 2 is 1.89 bits per heavy atom. The Morgan fingerprint density at radius 3 is 2.52 bits per heavy atom. The van der Waals surface area contributed by atoms with Crippen LogP contribution in [0.2, 0.25) is 10.0 Å². The number of carbonyl (C=O) groups is 2. The van der Waals surface area contributed by atoms with Crippen LogP contribution in [0.1, 0.15) is 18.1 Å². The van der Waals surface area contributed by atoms with Crippen molar-refractivity contribution in [1.82, 2.24) is 10.7 Å². The maximum atomic E-state index is 12.1.